The van der Waals surface area contributed by atoms with Gasteiger partial charge in [0.2, 0.25) is 10.0 Å². The molecular weight excluding hydrogens is 470 g/mol. The molecule has 0 aliphatic carbocycles. The summed E-state index contributed by atoms with van der Waals surface area (Å²) in [4.78, 5) is 16.7. The van der Waals surface area contributed by atoms with Crippen LogP contribution >= 0.6 is 0 Å². The van der Waals surface area contributed by atoms with E-state index in [4.69, 9.17) is 9.97 Å². The first-order valence-corrected chi connectivity index (χ1v) is 13.8. The molecule has 0 spiro atoms. The van der Waals surface area contributed by atoms with Crippen LogP contribution in [0, 0.1) is 6.92 Å². The summed E-state index contributed by atoms with van der Waals surface area (Å²) in [5.74, 6) is 1.85. The maximum Gasteiger partial charge on any atom is 0.245 e. The van der Waals surface area contributed by atoms with Gasteiger partial charge in [-0.1, -0.05) is 62.4 Å². The first-order valence-electron chi connectivity index (χ1n) is 12.4. The molecule has 1 fully saturated rings. The van der Waals surface area contributed by atoms with Gasteiger partial charge in [0.1, 0.15) is 10.7 Å². The highest BCUT2D eigenvalue weighted by molar-refractivity contribution is 7.89. The Kier molecular flexibility index (Phi) is 6.73. The van der Waals surface area contributed by atoms with Crippen LogP contribution in [0.2, 0.25) is 0 Å². The first kappa shape index (κ1) is 24.3. The molecule has 0 bridgehead atoms. The van der Waals surface area contributed by atoms with Gasteiger partial charge in [0.15, 0.2) is 5.82 Å². The van der Waals surface area contributed by atoms with Crippen LogP contribution in [-0.2, 0) is 10.0 Å². The predicted octanol–water partition coefficient (Wildman–Crippen LogP) is 5.02. The molecule has 1 aliphatic rings. The molecule has 8 heteroatoms. The van der Waals surface area contributed by atoms with Crippen molar-refractivity contribution in [2.75, 3.05) is 31.1 Å². The van der Waals surface area contributed by atoms with Crippen molar-refractivity contribution >= 4 is 26.7 Å². The smallest absolute Gasteiger partial charge is 0.245 e. The van der Waals surface area contributed by atoms with Crippen molar-refractivity contribution in [3.63, 3.8) is 0 Å². The third-order valence-corrected chi connectivity index (χ3v) is 8.62. The summed E-state index contributed by atoms with van der Waals surface area (Å²) in [6.07, 6.45) is 2.35. The minimum Gasteiger partial charge on any atom is -0.355 e. The lowest BCUT2D eigenvalue weighted by Crippen LogP contribution is -2.36. The van der Waals surface area contributed by atoms with E-state index in [-0.39, 0.29) is 10.8 Å². The molecule has 1 aliphatic heterocycles. The molecule has 0 saturated carbocycles. The van der Waals surface area contributed by atoms with E-state index in [9.17, 15) is 8.42 Å². The van der Waals surface area contributed by atoms with E-state index in [1.807, 2.05) is 55.5 Å². The molecule has 0 atom stereocenters. The quantitative estimate of drug-likeness (QED) is 0.382. The van der Waals surface area contributed by atoms with E-state index in [1.165, 1.54) is 0 Å². The standard InChI is InChI=1S/C28H31N5O2S/c1-20(2)25-21(3)30-27(23-10-5-4-6-11-23)31-28(25)32-16-9-17-33(19-18-32)36(34,35)24-14-7-12-22-13-8-15-29-26(22)24/h4-8,10-15,20H,9,16-19H2,1-3H3. The Morgan fingerprint density at radius 3 is 2.42 bits per heavy atom. The zero-order valence-corrected chi connectivity index (χ0v) is 21.7. The number of fused-ring (bicyclic) bond motifs is 1. The normalized spacial score (nSPS) is 15.4. The van der Waals surface area contributed by atoms with Crippen LogP contribution in [0.3, 0.4) is 0 Å². The maximum absolute atomic E-state index is 13.7. The van der Waals surface area contributed by atoms with Crippen LogP contribution < -0.4 is 4.90 Å². The number of para-hydroxylation sites is 1. The number of benzene rings is 2. The van der Waals surface area contributed by atoms with Crippen LogP contribution in [0.4, 0.5) is 5.82 Å². The van der Waals surface area contributed by atoms with Gasteiger partial charge in [-0.05, 0) is 31.4 Å². The summed E-state index contributed by atoms with van der Waals surface area (Å²) >= 11 is 0. The molecule has 0 N–H and O–H groups in total. The molecule has 0 unspecified atom stereocenters. The van der Waals surface area contributed by atoms with Gasteiger partial charge in [-0.15, -0.1) is 0 Å². The van der Waals surface area contributed by atoms with Gasteiger partial charge in [-0.2, -0.15) is 4.31 Å². The summed E-state index contributed by atoms with van der Waals surface area (Å²) < 4.78 is 29.0. The molecule has 4 aromatic rings. The minimum atomic E-state index is -3.69. The molecular formula is C28H31N5O2S. The average Bonchev–Trinajstić information content (AvgIpc) is 3.15. The lowest BCUT2D eigenvalue weighted by Gasteiger charge is -2.27. The van der Waals surface area contributed by atoms with Gasteiger partial charge < -0.3 is 4.90 Å². The first-order chi connectivity index (χ1) is 17.4. The largest absolute Gasteiger partial charge is 0.355 e. The van der Waals surface area contributed by atoms with Gasteiger partial charge in [-0.3, -0.25) is 4.98 Å². The second-order valence-corrected chi connectivity index (χ2v) is 11.4. The molecule has 2 aromatic heterocycles. The van der Waals surface area contributed by atoms with Gasteiger partial charge in [0, 0.05) is 54.6 Å². The predicted molar refractivity (Wildman–Crippen MR) is 144 cm³/mol. The topological polar surface area (TPSA) is 79.3 Å². The number of nitrogens with zero attached hydrogens (tertiary/aromatic N) is 5. The van der Waals surface area contributed by atoms with E-state index in [2.05, 4.69) is 23.7 Å². The van der Waals surface area contributed by atoms with Gasteiger partial charge in [0.05, 0.1) is 5.52 Å². The van der Waals surface area contributed by atoms with Crippen molar-refractivity contribution in [1.82, 2.24) is 19.3 Å². The Hall–Kier alpha value is -3.36. The van der Waals surface area contributed by atoms with E-state index < -0.39 is 10.0 Å². The van der Waals surface area contributed by atoms with Gasteiger partial charge in [0.25, 0.3) is 0 Å². The highest BCUT2D eigenvalue weighted by Crippen LogP contribution is 2.32. The van der Waals surface area contributed by atoms with E-state index in [0.717, 1.165) is 34.6 Å². The van der Waals surface area contributed by atoms with Crippen LogP contribution in [0.25, 0.3) is 22.3 Å². The number of aromatic nitrogens is 3. The number of anilines is 1. The minimum absolute atomic E-state index is 0.245. The number of aryl methyl sites for hydroxylation is 1. The molecule has 0 amide bonds. The summed E-state index contributed by atoms with van der Waals surface area (Å²) in [5, 5.41) is 0.821. The molecule has 36 heavy (non-hydrogen) atoms. The molecule has 0 radical (unpaired) electrons. The van der Waals surface area contributed by atoms with Gasteiger partial charge in [-0.25, -0.2) is 18.4 Å². The van der Waals surface area contributed by atoms with Crippen LogP contribution in [0.15, 0.2) is 71.8 Å². The second-order valence-electron chi connectivity index (χ2n) is 9.47. The SMILES string of the molecule is Cc1nc(-c2ccccc2)nc(N2CCCN(S(=O)(=O)c3cccc4cccnc34)CC2)c1C(C)C. The molecule has 3 heterocycles. The fourth-order valence-corrected chi connectivity index (χ4v) is 6.60. The van der Waals surface area contributed by atoms with Crippen LogP contribution in [0.1, 0.15) is 37.4 Å². The van der Waals surface area contributed by atoms with Crippen molar-refractivity contribution < 1.29 is 8.42 Å². The molecule has 7 nitrogen and oxygen atoms in total. The van der Waals surface area contributed by atoms with E-state index >= 15 is 0 Å². The summed E-state index contributed by atoms with van der Waals surface area (Å²) in [6, 6.07) is 19.0. The number of hydrogen-bond donors (Lipinski definition) is 0. The fraction of sp³-hybridized carbons (Fsp3) is 0.321. The van der Waals surface area contributed by atoms with E-state index in [1.54, 1.807) is 22.6 Å². The maximum atomic E-state index is 13.7. The van der Waals surface area contributed by atoms with Crippen molar-refractivity contribution in [3.05, 3.63) is 78.1 Å². The summed E-state index contributed by atoms with van der Waals surface area (Å²) in [5.41, 5.74) is 3.57. The Morgan fingerprint density at radius 1 is 0.861 bits per heavy atom. The van der Waals surface area contributed by atoms with Crippen LogP contribution in [-0.4, -0.2) is 53.9 Å². The Labute approximate surface area is 212 Å². The lowest BCUT2D eigenvalue weighted by molar-refractivity contribution is 0.433. The average molecular weight is 502 g/mol. The number of hydrogen-bond acceptors (Lipinski definition) is 6. The highest BCUT2D eigenvalue weighted by atomic mass is 32.2. The zero-order valence-electron chi connectivity index (χ0n) is 20.9. The Bertz CT molecular complexity index is 1480. The third kappa shape index (κ3) is 4.58. The lowest BCUT2D eigenvalue weighted by atomic mass is 10.0. The number of sulfonamides is 1. The fourth-order valence-electron chi connectivity index (χ4n) is 4.97. The zero-order chi connectivity index (χ0) is 25.3. The van der Waals surface area contributed by atoms with Crippen LogP contribution in [0.5, 0.6) is 0 Å². The highest BCUT2D eigenvalue weighted by Gasteiger charge is 2.30. The van der Waals surface area contributed by atoms with Crippen molar-refractivity contribution in [3.8, 4) is 11.4 Å². The van der Waals surface area contributed by atoms with Crippen molar-refractivity contribution in [2.45, 2.75) is 38.0 Å². The van der Waals surface area contributed by atoms with Crippen molar-refractivity contribution in [1.29, 1.82) is 0 Å². The molecule has 2 aromatic carbocycles. The van der Waals surface area contributed by atoms with E-state index in [0.29, 0.717) is 37.4 Å². The second kappa shape index (κ2) is 9.95. The molecule has 5 rings (SSSR count). The molecule has 1 saturated heterocycles. The monoisotopic (exact) mass is 501 g/mol. The Balaban J connectivity index is 1.47. The number of rotatable bonds is 5. The summed E-state index contributed by atoms with van der Waals surface area (Å²) in [7, 11) is -3.69. The van der Waals surface area contributed by atoms with Gasteiger partial charge >= 0.3 is 0 Å². The third-order valence-electron chi connectivity index (χ3n) is 6.69. The Morgan fingerprint density at radius 2 is 1.64 bits per heavy atom. The number of pyridine rings is 1. The van der Waals surface area contributed by atoms with Crippen molar-refractivity contribution in [2.24, 2.45) is 0 Å². The summed E-state index contributed by atoms with van der Waals surface area (Å²) in [6.45, 7) is 8.46. The molecule has 186 valence electrons.